The molecule has 0 fully saturated rings. The molecule has 0 aromatic heterocycles. The molecule has 25 heavy (non-hydrogen) atoms. The molecule has 2 N–H and O–H groups in total. The Balaban J connectivity index is 1.91. The fourth-order valence-electron chi connectivity index (χ4n) is 3.06. The number of aryl methyl sites for hydroxylation is 1. The SMILES string of the molecule is COc1cc(C2CCc3cc(/C=C/CO)cc(OC)c3O2)ccc1O. The predicted molar refractivity (Wildman–Crippen MR) is 95.5 cm³/mol. The summed E-state index contributed by atoms with van der Waals surface area (Å²) in [6, 6.07) is 9.21. The molecule has 2 aromatic rings. The molecule has 0 spiro atoms. The van der Waals surface area contributed by atoms with Crippen LogP contribution in [0.1, 0.15) is 29.2 Å². The largest absolute Gasteiger partial charge is 0.504 e. The average molecular weight is 342 g/mol. The van der Waals surface area contributed by atoms with E-state index in [-0.39, 0.29) is 18.5 Å². The van der Waals surface area contributed by atoms with Crippen LogP contribution in [-0.2, 0) is 6.42 Å². The molecule has 0 saturated carbocycles. The number of fused-ring (bicyclic) bond motifs is 1. The first kappa shape index (κ1) is 17.2. The van der Waals surface area contributed by atoms with E-state index in [1.54, 1.807) is 25.3 Å². The van der Waals surface area contributed by atoms with Gasteiger partial charge in [-0.05, 0) is 53.8 Å². The summed E-state index contributed by atoms with van der Waals surface area (Å²) >= 11 is 0. The summed E-state index contributed by atoms with van der Waals surface area (Å²) in [5.41, 5.74) is 3.00. The molecule has 132 valence electrons. The molecule has 3 rings (SSSR count). The topological polar surface area (TPSA) is 68.2 Å². The van der Waals surface area contributed by atoms with Crippen molar-refractivity contribution in [2.45, 2.75) is 18.9 Å². The molecular weight excluding hydrogens is 320 g/mol. The normalized spacial score (nSPS) is 16.4. The third-order valence-electron chi connectivity index (χ3n) is 4.30. The number of benzene rings is 2. The van der Waals surface area contributed by atoms with Crippen LogP contribution in [0.2, 0.25) is 0 Å². The van der Waals surface area contributed by atoms with Crippen molar-refractivity contribution in [3.8, 4) is 23.0 Å². The van der Waals surface area contributed by atoms with Gasteiger partial charge in [-0.25, -0.2) is 0 Å². The van der Waals surface area contributed by atoms with Gasteiger partial charge in [0, 0.05) is 0 Å². The quantitative estimate of drug-likeness (QED) is 0.871. The average Bonchev–Trinajstić information content (AvgIpc) is 2.65. The minimum Gasteiger partial charge on any atom is -0.504 e. The minimum absolute atomic E-state index is 0.000654. The van der Waals surface area contributed by atoms with Crippen LogP contribution in [0.5, 0.6) is 23.0 Å². The number of phenols is 1. The van der Waals surface area contributed by atoms with Gasteiger partial charge in [-0.15, -0.1) is 0 Å². The van der Waals surface area contributed by atoms with E-state index in [0.29, 0.717) is 11.5 Å². The monoisotopic (exact) mass is 342 g/mol. The first-order valence-electron chi connectivity index (χ1n) is 8.18. The second kappa shape index (κ2) is 7.49. The van der Waals surface area contributed by atoms with Gasteiger partial charge in [-0.3, -0.25) is 0 Å². The van der Waals surface area contributed by atoms with Crippen molar-refractivity contribution >= 4 is 6.08 Å². The lowest BCUT2D eigenvalue weighted by atomic mass is 9.95. The molecule has 0 amide bonds. The first-order chi connectivity index (χ1) is 12.2. The van der Waals surface area contributed by atoms with Crippen molar-refractivity contribution in [3.63, 3.8) is 0 Å². The standard InChI is InChI=1S/C20H22O5/c1-23-18-12-14(5-7-16(18)22)17-8-6-15-10-13(4-3-9-21)11-19(24-2)20(15)25-17/h3-5,7,10-12,17,21-22H,6,8-9H2,1-2H3/b4-3+. The van der Waals surface area contributed by atoms with E-state index in [4.69, 9.17) is 19.3 Å². The van der Waals surface area contributed by atoms with E-state index in [0.717, 1.165) is 35.3 Å². The van der Waals surface area contributed by atoms with E-state index in [1.807, 2.05) is 18.2 Å². The van der Waals surface area contributed by atoms with Crippen LogP contribution in [0.25, 0.3) is 6.08 Å². The summed E-state index contributed by atoms with van der Waals surface area (Å²) in [7, 11) is 3.14. The lowest BCUT2D eigenvalue weighted by molar-refractivity contribution is 0.168. The fourth-order valence-corrected chi connectivity index (χ4v) is 3.06. The number of hydrogen-bond donors (Lipinski definition) is 2. The van der Waals surface area contributed by atoms with Gasteiger partial charge in [0.2, 0.25) is 0 Å². The van der Waals surface area contributed by atoms with Crippen LogP contribution in [0, 0.1) is 0 Å². The molecule has 1 atom stereocenters. The molecule has 2 aromatic carbocycles. The number of aromatic hydroxyl groups is 1. The van der Waals surface area contributed by atoms with Crippen molar-refractivity contribution in [1.29, 1.82) is 0 Å². The van der Waals surface area contributed by atoms with Crippen molar-refractivity contribution in [2.24, 2.45) is 0 Å². The maximum absolute atomic E-state index is 9.76. The lowest BCUT2D eigenvalue weighted by Crippen LogP contribution is -2.16. The highest BCUT2D eigenvalue weighted by Gasteiger charge is 2.25. The molecule has 5 nitrogen and oxygen atoms in total. The molecular formula is C20H22O5. The Morgan fingerprint density at radius 2 is 1.96 bits per heavy atom. The maximum Gasteiger partial charge on any atom is 0.165 e. The summed E-state index contributed by atoms with van der Waals surface area (Å²) in [5, 5.41) is 18.7. The minimum atomic E-state index is -0.130. The smallest absolute Gasteiger partial charge is 0.165 e. The van der Waals surface area contributed by atoms with Gasteiger partial charge in [0.15, 0.2) is 23.0 Å². The zero-order valence-electron chi connectivity index (χ0n) is 14.4. The zero-order valence-corrected chi connectivity index (χ0v) is 14.4. The summed E-state index contributed by atoms with van der Waals surface area (Å²) < 4.78 is 16.9. The van der Waals surface area contributed by atoms with Gasteiger partial charge < -0.3 is 24.4 Å². The maximum atomic E-state index is 9.76. The predicted octanol–water partition coefficient (Wildman–Crippen LogP) is 3.48. The molecule has 0 saturated heterocycles. The van der Waals surface area contributed by atoms with Crippen molar-refractivity contribution in [2.75, 3.05) is 20.8 Å². The number of hydrogen-bond acceptors (Lipinski definition) is 5. The Kier molecular flexibility index (Phi) is 5.14. The highest BCUT2D eigenvalue weighted by Crippen LogP contribution is 2.43. The summed E-state index contributed by atoms with van der Waals surface area (Å²) in [4.78, 5) is 0. The molecule has 0 bridgehead atoms. The number of ether oxygens (including phenoxy) is 3. The summed E-state index contributed by atoms with van der Waals surface area (Å²) in [6.45, 7) is 0.000654. The van der Waals surface area contributed by atoms with Crippen LogP contribution in [0.15, 0.2) is 36.4 Å². The molecule has 1 aliphatic rings. The van der Waals surface area contributed by atoms with Crippen LogP contribution in [0.4, 0.5) is 0 Å². The Morgan fingerprint density at radius 1 is 1.16 bits per heavy atom. The molecule has 1 heterocycles. The van der Waals surface area contributed by atoms with Gasteiger partial charge in [-0.1, -0.05) is 18.2 Å². The molecule has 1 unspecified atom stereocenters. The van der Waals surface area contributed by atoms with E-state index >= 15 is 0 Å². The van der Waals surface area contributed by atoms with Gasteiger partial charge in [0.1, 0.15) is 6.10 Å². The molecule has 0 radical (unpaired) electrons. The van der Waals surface area contributed by atoms with Crippen molar-refractivity contribution < 1.29 is 24.4 Å². The molecule has 5 heteroatoms. The number of rotatable bonds is 5. The zero-order chi connectivity index (χ0) is 17.8. The Bertz CT molecular complexity index is 765. The van der Waals surface area contributed by atoms with Crippen LogP contribution < -0.4 is 14.2 Å². The number of methoxy groups -OCH3 is 2. The van der Waals surface area contributed by atoms with E-state index in [1.165, 1.54) is 7.11 Å². The summed E-state index contributed by atoms with van der Waals surface area (Å²) in [6.07, 6.45) is 5.09. The second-order valence-electron chi connectivity index (χ2n) is 5.87. The third-order valence-corrected chi connectivity index (χ3v) is 4.30. The van der Waals surface area contributed by atoms with Crippen LogP contribution >= 0.6 is 0 Å². The fraction of sp³-hybridized carbons (Fsp3) is 0.300. The second-order valence-corrected chi connectivity index (χ2v) is 5.87. The highest BCUT2D eigenvalue weighted by atomic mass is 16.5. The first-order valence-corrected chi connectivity index (χ1v) is 8.18. The Morgan fingerprint density at radius 3 is 2.68 bits per heavy atom. The number of aliphatic hydroxyl groups is 1. The van der Waals surface area contributed by atoms with Crippen LogP contribution in [-0.4, -0.2) is 31.0 Å². The van der Waals surface area contributed by atoms with Gasteiger partial charge >= 0.3 is 0 Å². The van der Waals surface area contributed by atoms with Crippen molar-refractivity contribution in [1.82, 2.24) is 0 Å². The van der Waals surface area contributed by atoms with Crippen LogP contribution in [0.3, 0.4) is 0 Å². The Hall–Kier alpha value is -2.66. The Labute approximate surface area is 147 Å². The lowest BCUT2D eigenvalue weighted by Gasteiger charge is -2.28. The number of phenolic OH excluding ortho intramolecular Hbond substituents is 1. The molecule has 0 aliphatic carbocycles. The van der Waals surface area contributed by atoms with E-state index in [9.17, 15) is 5.11 Å². The number of aliphatic hydroxyl groups excluding tert-OH is 1. The van der Waals surface area contributed by atoms with Gasteiger partial charge in [0.05, 0.1) is 20.8 Å². The van der Waals surface area contributed by atoms with Gasteiger partial charge in [0.25, 0.3) is 0 Å². The van der Waals surface area contributed by atoms with E-state index in [2.05, 4.69) is 6.07 Å². The summed E-state index contributed by atoms with van der Waals surface area (Å²) in [5.74, 6) is 1.96. The third kappa shape index (κ3) is 3.56. The van der Waals surface area contributed by atoms with Crippen molar-refractivity contribution in [3.05, 3.63) is 53.1 Å². The highest BCUT2D eigenvalue weighted by molar-refractivity contribution is 5.60. The van der Waals surface area contributed by atoms with Gasteiger partial charge in [-0.2, -0.15) is 0 Å². The molecule has 1 aliphatic heterocycles. The van der Waals surface area contributed by atoms with E-state index < -0.39 is 0 Å².